The van der Waals surface area contributed by atoms with Gasteiger partial charge in [-0.25, -0.2) is 24.4 Å². The van der Waals surface area contributed by atoms with E-state index in [4.69, 9.17) is 35.4 Å². The summed E-state index contributed by atoms with van der Waals surface area (Å²) in [5, 5.41) is 49.8. The molecule has 9 N–H and O–H groups in total. The van der Waals surface area contributed by atoms with Gasteiger partial charge in [-0.3, -0.25) is 33.6 Å². The number of thiazole rings is 1. The van der Waals surface area contributed by atoms with Crippen molar-refractivity contribution >= 4 is 97.5 Å². The SMILES string of the molecule is Cc1c(Nc2nc3ccccc3s2)nnc2c1CCCN2c1ccc(-c2cnn(CC34CC5(C)CC(C)(CC(CCCN(CCCCO)C(=O)OCc6ccc(NC(=O)[C@H](CCCNC(N)=O)NC(=O)[C@@H](NC(=O)CCOCCN7C(=O)C=CC7=O)C(C)C)cc6)(C5)C3)C4)c2C)c(C(=O)O)n1. The lowest BCUT2D eigenvalue weighted by molar-refractivity contribution is -0.198. The maximum absolute atomic E-state index is 14.1. The van der Waals surface area contributed by atoms with Crippen LogP contribution in [0.5, 0.6) is 0 Å². The first-order valence-electron chi connectivity index (χ1n) is 35.0. The second-order valence-electron chi connectivity index (χ2n) is 29.3. The molecule has 0 radical (unpaired) electrons. The molecule has 0 spiro atoms. The summed E-state index contributed by atoms with van der Waals surface area (Å²) in [6.45, 7) is 14.7. The number of urea groups is 1. The maximum Gasteiger partial charge on any atom is 0.410 e. The molecule has 6 aromatic rings. The van der Waals surface area contributed by atoms with E-state index >= 15 is 0 Å². The van der Waals surface area contributed by atoms with E-state index in [1.807, 2.05) is 55.1 Å². The smallest absolute Gasteiger partial charge is 0.410 e. The number of aromatic carboxylic acids is 1. The number of ether oxygens (including phenoxy) is 2. The summed E-state index contributed by atoms with van der Waals surface area (Å²) in [4.78, 5) is 117. The summed E-state index contributed by atoms with van der Waals surface area (Å²) < 4.78 is 14.6. The number of aliphatic hydroxyl groups is 1. The molecule has 4 atom stereocenters. The molecule has 4 bridgehead atoms. The van der Waals surface area contributed by atoms with E-state index in [0.717, 1.165) is 107 Å². The number of carboxylic acids is 1. The van der Waals surface area contributed by atoms with Crippen molar-refractivity contribution < 1.29 is 58.0 Å². The van der Waals surface area contributed by atoms with Crippen molar-refractivity contribution in [2.75, 3.05) is 68.1 Å². The number of primary amides is 1. The fraction of sp³-hybridized carbons (Fsp3) is 0.521. The van der Waals surface area contributed by atoms with Gasteiger partial charge in [-0.2, -0.15) is 5.10 Å². The van der Waals surface area contributed by atoms with Gasteiger partial charge in [-0.15, -0.1) is 10.2 Å². The van der Waals surface area contributed by atoms with Gasteiger partial charge < -0.3 is 61.8 Å². The summed E-state index contributed by atoms with van der Waals surface area (Å²) in [5.74, 6) is -2.28. The van der Waals surface area contributed by atoms with E-state index in [-0.39, 0.29) is 92.1 Å². The number of rotatable bonds is 33. The number of amides is 8. The Balaban J connectivity index is 0.694. The van der Waals surface area contributed by atoms with Crippen LogP contribution in [0.3, 0.4) is 0 Å². The fourth-order valence-corrected chi connectivity index (χ4v) is 18.0. The number of anilines is 5. The molecule has 28 heteroatoms. The molecule has 4 fully saturated rings. The molecule has 0 saturated heterocycles. The lowest BCUT2D eigenvalue weighted by atomic mass is 9.35. The average Bonchev–Trinajstić information content (AvgIpc) is 1.32. The van der Waals surface area contributed by atoms with Gasteiger partial charge in [0, 0.05) is 91.5 Å². The number of imide groups is 1. The molecule has 8 amide bonds. The summed E-state index contributed by atoms with van der Waals surface area (Å²) in [5.41, 5.74) is 11.4. The highest BCUT2D eigenvalue weighted by molar-refractivity contribution is 7.22. The van der Waals surface area contributed by atoms with Gasteiger partial charge in [0.1, 0.15) is 24.5 Å². The number of nitrogens with one attached hydrogen (secondary N) is 5. The summed E-state index contributed by atoms with van der Waals surface area (Å²) >= 11 is 1.55. The number of para-hydroxylation sites is 1. The van der Waals surface area contributed by atoms with Crippen molar-refractivity contribution in [2.45, 2.75) is 163 Å². The third-order valence-electron chi connectivity index (χ3n) is 20.5. The fourth-order valence-electron chi connectivity index (χ4n) is 17.2. The minimum absolute atomic E-state index is 0.00347. The van der Waals surface area contributed by atoms with Crippen LogP contribution in [0, 0.1) is 41.4 Å². The second-order valence-corrected chi connectivity index (χ2v) is 30.3. The van der Waals surface area contributed by atoms with E-state index < -0.39 is 59.7 Å². The van der Waals surface area contributed by atoms with Crippen molar-refractivity contribution in [2.24, 2.45) is 33.3 Å². The number of carbonyl (C=O) groups is 8. The Morgan fingerprint density at radius 2 is 1.54 bits per heavy atom. The Morgan fingerprint density at radius 1 is 0.812 bits per heavy atom. The Hall–Kier alpha value is -9.41. The van der Waals surface area contributed by atoms with Gasteiger partial charge in [0.15, 0.2) is 22.5 Å². The number of unbranched alkanes of at least 4 members (excludes halogenated alkanes) is 1. The zero-order valence-corrected chi connectivity index (χ0v) is 59.2. The first-order chi connectivity index (χ1) is 48.3. The molecule has 4 aliphatic carbocycles. The van der Waals surface area contributed by atoms with Crippen molar-refractivity contribution in [3.8, 4) is 11.1 Å². The monoisotopic (exact) mass is 1400 g/mol. The molecule has 101 heavy (non-hydrogen) atoms. The number of aliphatic hydroxyl groups excluding tert-OH is 1. The number of hydrogen-bond acceptors (Lipinski definition) is 19. The van der Waals surface area contributed by atoms with Crippen molar-refractivity contribution in [3.05, 3.63) is 107 Å². The number of nitrogens with zero attached hydrogens (tertiary/aromatic N) is 9. The van der Waals surface area contributed by atoms with Crippen LogP contribution < -0.4 is 37.2 Å². The standard InChI is InChI=1S/C73H93N15O12S/c1-45(2)60(81-57(90)26-34-99-35-32-87-58(91)24-25-59(87)92)65(94)78-54(16-11-28-75-67(74)97)64(93)77-49-20-18-48(19-21-49)37-100-69(98)85(29-9-10-33-89)30-13-27-72-39-70(5)38-71(6,40-72)42-73(41-70,43-72)44-88-47(4)52(36-76-88)51-22-23-56(80-61(51)66(95)96)86-31-12-14-50-46(3)62(83-84-63(50)86)82-68-79-53-15-7-8-17-55(53)101-68/h7-8,15,17-25,36,45,54,60,89H,9-14,16,26-35,37-44H2,1-6H3,(H,77,93)(H,78,94)(H,81,90)(H,95,96)(H3,74,75,97)(H,79,82,83)/t54-,60-,70?,71?,72?,73?/m0/s1. The Morgan fingerprint density at radius 3 is 2.26 bits per heavy atom. The highest BCUT2D eigenvalue weighted by Gasteiger charge is 2.65. The molecule has 6 heterocycles. The number of carboxylic acid groups (broad SMARTS) is 1. The molecule has 2 aliphatic heterocycles. The van der Waals surface area contributed by atoms with Gasteiger partial charge in [0.05, 0.1) is 36.2 Å². The van der Waals surface area contributed by atoms with Crippen molar-refractivity contribution in [3.63, 3.8) is 0 Å². The van der Waals surface area contributed by atoms with Gasteiger partial charge in [0.2, 0.25) is 17.7 Å². The minimum atomic E-state index is -1.14. The average molecular weight is 1400 g/mol. The predicted molar refractivity (Wildman–Crippen MR) is 380 cm³/mol. The molecule has 538 valence electrons. The highest BCUT2D eigenvalue weighted by Crippen LogP contribution is 2.75. The van der Waals surface area contributed by atoms with Gasteiger partial charge in [0.25, 0.3) is 11.8 Å². The van der Waals surface area contributed by atoms with Crippen LogP contribution >= 0.6 is 11.3 Å². The quantitative estimate of drug-likeness (QED) is 0.0140. The minimum Gasteiger partial charge on any atom is -0.476 e. The van der Waals surface area contributed by atoms with Gasteiger partial charge >= 0.3 is 18.1 Å². The number of carbonyl (C=O) groups excluding carboxylic acids is 7. The van der Waals surface area contributed by atoms with E-state index in [1.165, 1.54) is 12.2 Å². The van der Waals surface area contributed by atoms with Gasteiger partial charge in [-0.05, 0) is 173 Å². The molecule has 6 aliphatic rings. The summed E-state index contributed by atoms with van der Waals surface area (Å²) in [6, 6.07) is 15.6. The van der Waals surface area contributed by atoms with Crippen LogP contribution in [-0.2, 0) is 53.0 Å². The highest BCUT2D eigenvalue weighted by atomic mass is 32.1. The van der Waals surface area contributed by atoms with Crippen LogP contribution in [0.4, 0.5) is 37.9 Å². The molecule has 27 nitrogen and oxygen atoms in total. The first kappa shape index (κ1) is 72.8. The van der Waals surface area contributed by atoms with Gasteiger partial charge in [-0.1, -0.05) is 63.3 Å². The van der Waals surface area contributed by atoms with E-state index in [1.54, 1.807) is 60.5 Å². The number of benzene rings is 2. The first-order valence-corrected chi connectivity index (χ1v) is 35.9. The molecule has 4 aromatic heterocycles. The molecule has 2 unspecified atom stereocenters. The van der Waals surface area contributed by atoms with E-state index in [9.17, 15) is 48.6 Å². The van der Waals surface area contributed by atoms with Crippen LogP contribution in [0.1, 0.15) is 150 Å². The lowest BCUT2D eigenvalue weighted by Crippen LogP contribution is -2.60. The third kappa shape index (κ3) is 17.3. The topological polar surface area (TPSA) is 361 Å². The Kier molecular flexibility index (Phi) is 22.5. The van der Waals surface area contributed by atoms with E-state index in [2.05, 4.69) is 50.2 Å². The third-order valence-corrected chi connectivity index (χ3v) is 21.4. The zero-order valence-electron chi connectivity index (χ0n) is 58.4. The lowest BCUT2D eigenvalue weighted by Gasteiger charge is -2.70. The number of pyridine rings is 1. The molecule has 4 saturated carbocycles. The van der Waals surface area contributed by atoms with Crippen LogP contribution in [0.25, 0.3) is 21.3 Å². The van der Waals surface area contributed by atoms with Crippen molar-refractivity contribution in [1.82, 2.24) is 55.7 Å². The number of nitrogens with two attached hydrogens (primary N) is 1. The van der Waals surface area contributed by atoms with Crippen molar-refractivity contribution in [1.29, 1.82) is 0 Å². The van der Waals surface area contributed by atoms with Crippen LogP contribution in [-0.4, -0.2) is 162 Å². The van der Waals surface area contributed by atoms with Crippen LogP contribution in [0.15, 0.2) is 79.0 Å². The number of fused-ring (bicyclic) bond motifs is 2. The van der Waals surface area contributed by atoms with Crippen LogP contribution in [0.2, 0.25) is 0 Å². The molecular formula is C73H93N15O12S. The molecular weight excluding hydrogens is 1310 g/mol. The number of aromatic nitrogens is 6. The normalized spacial score (nSPS) is 21.0. The maximum atomic E-state index is 14.1. The largest absolute Gasteiger partial charge is 0.476 e. The zero-order chi connectivity index (χ0) is 71.8. The Bertz CT molecular complexity index is 4050. The second kappa shape index (κ2) is 31.2. The Labute approximate surface area is 591 Å². The van der Waals surface area contributed by atoms with E-state index in [0.29, 0.717) is 73.3 Å². The number of hydrogen-bond donors (Lipinski definition) is 8. The predicted octanol–water partition coefficient (Wildman–Crippen LogP) is 9.39. The summed E-state index contributed by atoms with van der Waals surface area (Å²) in [7, 11) is 0. The molecule has 2 aromatic carbocycles. The summed E-state index contributed by atoms with van der Waals surface area (Å²) in [6.07, 6.45) is 14.8. The molecule has 12 rings (SSSR count).